The Morgan fingerprint density at radius 1 is 1.30 bits per heavy atom. The molecule has 0 radical (unpaired) electrons. The number of ketones is 1. The number of Topliss-reactive ketones (excluding diaryl/α,β-unsaturated/α-hetero) is 1. The van der Waals surface area contributed by atoms with Gasteiger partial charge in [0.05, 0.1) is 12.1 Å². The van der Waals surface area contributed by atoms with Gasteiger partial charge in [-0.2, -0.15) is 8.78 Å². The van der Waals surface area contributed by atoms with E-state index in [0.29, 0.717) is 11.3 Å². The summed E-state index contributed by atoms with van der Waals surface area (Å²) in [5, 5.41) is 0. The van der Waals surface area contributed by atoms with Crippen molar-refractivity contribution in [1.82, 2.24) is 4.98 Å². The van der Waals surface area contributed by atoms with E-state index in [4.69, 9.17) is 0 Å². The number of aryl methyl sites for hydroxylation is 1. The maximum atomic E-state index is 12.1. The molecule has 0 aliphatic rings. The molecule has 0 aliphatic carbocycles. The van der Waals surface area contributed by atoms with E-state index in [2.05, 4.69) is 9.72 Å². The third-order valence-corrected chi connectivity index (χ3v) is 2.83. The van der Waals surface area contributed by atoms with Gasteiger partial charge in [-0.15, -0.1) is 0 Å². The van der Waals surface area contributed by atoms with Gasteiger partial charge < -0.3 is 4.74 Å². The number of alkyl halides is 2. The fourth-order valence-corrected chi connectivity index (χ4v) is 1.80. The van der Waals surface area contributed by atoms with Crippen molar-refractivity contribution in [2.24, 2.45) is 0 Å². The Labute approximate surface area is 115 Å². The molecule has 0 N–H and O–H groups in total. The van der Waals surface area contributed by atoms with E-state index in [-0.39, 0.29) is 18.0 Å². The van der Waals surface area contributed by atoms with Crippen LogP contribution in [0.4, 0.5) is 8.78 Å². The minimum absolute atomic E-state index is 0.0245. The number of halogens is 2. The minimum atomic E-state index is -2.90. The van der Waals surface area contributed by atoms with Crippen molar-refractivity contribution in [3.8, 4) is 5.75 Å². The van der Waals surface area contributed by atoms with E-state index in [9.17, 15) is 13.6 Å². The van der Waals surface area contributed by atoms with Gasteiger partial charge in [-0.1, -0.05) is 18.2 Å². The number of carbonyl (C=O) groups excluding carboxylic acids is 1. The predicted octanol–water partition coefficient (Wildman–Crippen LogP) is 3.42. The topological polar surface area (TPSA) is 39.2 Å². The van der Waals surface area contributed by atoms with Crippen molar-refractivity contribution in [1.29, 1.82) is 0 Å². The van der Waals surface area contributed by atoms with E-state index in [1.54, 1.807) is 18.3 Å². The maximum absolute atomic E-state index is 12.1. The van der Waals surface area contributed by atoms with E-state index in [1.165, 1.54) is 18.2 Å². The average molecular weight is 277 g/mol. The largest absolute Gasteiger partial charge is 0.435 e. The van der Waals surface area contributed by atoms with Crippen molar-refractivity contribution in [3.05, 3.63) is 59.4 Å². The smallest absolute Gasteiger partial charge is 0.387 e. The third kappa shape index (κ3) is 3.60. The Morgan fingerprint density at radius 3 is 2.80 bits per heavy atom. The zero-order chi connectivity index (χ0) is 14.5. The van der Waals surface area contributed by atoms with Crippen LogP contribution in [0.25, 0.3) is 0 Å². The average Bonchev–Trinajstić information content (AvgIpc) is 2.41. The van der Waals surface area contributed by atoms with Gasteiger partial charge in [0.15, 0.2) is 5.78 Å². The molecule has 3 nitrogen and oxygen atoms in total. The molecule has 2 rings (SSSR count). The summed E-state index contributed by atoms with van der Waals surface area (Å²) in [5.74, 6) is -0.213. The number of hydrogen-bond acceptors (Lipinski definition) is 3. The van der Waals surface area contributed by atoms with Crippen LogP contribution in [-0.2, 0) is 6.42 Å². The highest BCUT2D eigenvalue weighted by Gasteiger charge is 2.12. The Hall–Kier alpha value is -2.30. The summed E-state index contributed by atoms with van der Waals surface area (Å²) < 4.78 is 28.5. The molecule has 0 bridgehead atoms. The monoisotopic (exact) mass is 277 g/mol. The summed E-state index contributed by atoms with van der Waals surface area (Å²) in [6.45, 7) is -1.04. The number of benzene rings is 1. The second kappa shape index (κ2) is 6.23. The Morgan fingerprint density at radius 2 is 2.10 bits per heavy atom. The lowest BCUT2D eigenvalue weighted by molar-refractivity contribution is -0.0498. The Balaban J connectivity index is 2.15. The molecule has 0 aliphatic heterocycles. The minimum Gasteiger partial charge on any atom is -0.435 e. The number of ether oxygens (including phenoxy) is 1. The van der Waals surface area contributed by atoms with Crippen LogP contribution < -0.4 is 4.74 Å². The first kappa shape index (κ1) is 14.1. The molecular weight excluding hydrogens is 264 g/mol. The summed E-state index contributed by atoms with van der Waals surface area (Å²) in [5.41, 5.74) is 1.92. The Kier molecular flexibility index (Phi) is 4.40. The number of nitrogens with zero attached hydrogens (tertiary/aromatic N) is 1. The number of aromatic nitrogens is 1. The number of hydrogen-bond donors (Lipinski definition) is 0. The van der Waals surface area contributed by atoms with E-state index in [1.807, 2.05) is 13.0 Å². The van der Waals surface area contributed by atoms with Crippen LogP contribution in [0.1, 0.15) is 21.6 Å². The zero-order valence-corrected chi connectivity index (χ0v) is 10.8. The van der Waals surface area contributed by atoms with E-state index in [0.717, 1.165) is 5.56 Å². The quantitative estimate of drug-likeness (QED) is 0.786. The number of pyridine rings is 1. The molecule has 0 fully saturated rings. The van der Waals surface area contributed by atoms with Gasteiger partial charge in [0, 0.05) is 11.8 Å². The fourth-order valence-electron chi connectivity index (χ4n) is 1.80. The maximum Gasteiger partial charge on any atom is 0.387 e. The molecule has 20 heavy (non-hydrogen) atoms. The molecule has 104 valence electrons. The molecule has 0 saturated heterocycles. The summed E-state index contributed by atoms with van der Waals surface area (Å²) >= 11 is 0. The number of rotatable bonds is 5. The first-order valence-corrected chi connectivity index (χ1v) is 6.05. The Bertz CT molecular complexity index is 614. The van der Waals surface area contributed by atoms with Crippen LogP contribution in [0, 0.1) is 6.92 Å². The molecule has 5 heteroatoms. The first-order valence-electron chi connectivity index (χ1n) is 6.05. The molecular formula is C15H13F2NO2. The van der Waals surface area contributed by atoms with Crippen molar-refractivity contribution in [2.45, 2.75) is 20.0 Å². The van der Waals surface area contributed by atoms with Crippen LogP contribution in [0.5, 0.6) is 5.75 Å². The predicted molar refractivity (Wildman–Crippen MR) is 70.1 cm³/mol. The van der Waals surface area contributed by atoms with Crippen molar-refractivity contribution in [3.63, 3.8) is 0 Å². The zero-order valence-electron chi connectivity index (χ0n) is 10.8. The van der Waals surface area contributed by atoms with Gasteiger partial charge >= 0.3 is 6.61 Å². The molecule has 1 heterocycles. The molecule has 0 unspecified atom stereocenters. The molecule has 1 aromatic heterocycles. The van der Waals surface area contributed by atoms with Crippen LogP contribution in [-0.4, -0.2) is 17.4 Å². The summed E-state index contributed by atoms with van der Waals surface area (Å²) in [6, 6.07) is 9.43. The highest BCUT2D eigenvalue weighted by Crippen LogP contribution is 2.17. The van der Waals surface area contributed by atoms with E-state index < -0.39 is 6.61 Å². The lowest BCUT2D eigenvalue weighted by Gasteiger charge is -2.07. The lowest BCUT2D eigenvalue weighted by Crippen LogP contribution is -2.08. The SMILES string of the molecule is Cc1cccnc1CC(=O)c1cccc(OC(F)F)c1. The van der Waals surface area contributed by atoms with Gasteiger partial charge in [-0.3, -0.25) is 9.78 Å². The molecule has 2 aromatic rings. The van der Waals surface area contributed by atoms with Gasteiger partial charge in [-0.05, 0) is 30.7 Å². The van der Waals surface area contributed by atoms with E-state index >= 15 is 0 Å². The van der Waals surface area contributed by atoms with Crippen LogP contribution in [0.15, 0.2) is 42.6 Å². The highest BCUT2D eigenvalue weighted by atomic mass is 19.3. The van der Waals surface area contributed by atoms with Crippen molar-refractivity contribution in [2.75, 3.05) is 0 Å². The van der Waals surface area contributed by atoms with Crippen molar-refractivity contribution < 1.29 is 18.3 Å². The van der Waals surface area contributed by atoms with Gasteiger partial charge in [0.2, 0.25) is 0 Å². The second-order valence-electron chi connectivity index (χ2n) is 4.27. The fraction of sp³-hybridized carbons (Fsp3) is 0.200. The van der Waals surface area contributed by atoms with Crippen LogP contribution in [0.2, 0.25) is 0 Å². The molecule has 1 aromatic carbocycles. The molecule has 0 spiro atoms. The highest BCUT2D eigenvalue weighted by molar-refractivity contribution is 5.97. The van der Waals surface area contributed by atoms with Gasteiger partial charge in [0.1, 0.15) is 5.75 Å². The summed E-state index contributed by atoms with van der Waals surface area (Å²) in [6.07, 6.45) is 1.75. The van der Waals surface area contributed by atoms with Crippen LogP contribution in [0.3, 0.4) is 0 Å². The standard InChI is InChI=1S/C15H13F2NO2/c1-10-4-3-7-18-13(10)9-14(19)11-5-2-6-12(8-11)20-15(16)17/h2-8,15H,9H2,1H3. The first-order chi connectivity index (χ1) is 9.56. The molecule has 0 saturated carbocycles. The van der Waals surface area contributed by atoms with Gasteiger partial charge in [0.25, 0.3) is 0 Å². The summed E-state index contributed by atoms with van der Waals surface area (Å²) in [7, 11) is 0. The molecule has 0 amide bonds. The number of carbonyl (C=O) groups is 1. The summed E-state index contributed by atoms with van der Waals surface area (Å²) in [4.78, 5) is 16.3. The van der Waals surface area contributed by atoms with Crippen LogP contribution >= 0.6 is 0 Å². The lowest BCUT2D eigenvalue weighted by atomic mass is 10.0. The van der Waals surface area contributed by atoms with Gasteiger partial charge in [-0.25, -0.2) is 0 Å². The molecule has 0 atom stereocenters. The normalized spacial score (nSPS) is 10.6. The third-order valence-electron chi connectivity index (χ3n) is 2.83. The second-order valence-corrected chi connectivity index (χ2v) is 4.27. The van der Waals surface area contributed by atoms with Crippen molar-refractivity contribution >= 4 is 5.78 Å².